The van der Waals surface area contributed by atoms with E-state index in [1.807, 2.05) is 31.2 Å². The van der Waals surface area contributed by atoms with Crippen LogP contribution in [0.1, 0.15) is 56.1 Å². The van der Waals surface area contributed by atoms with Crippen LogP contribution in [-0.2, 0) is 14.3 Å². The Hall–Kier alpha value is -3.35. The van der Waals surface area contributed by atoms with Gasteiger partial charge in [-0.15, -0.1) is 0 Å². The molecule has 2 aliphatic rings. The lowest BCUT2D eigenvalue weighted by molar-refractivity contribution is -0.143. The van der Waals surface area contributed by atoms with E-state index in [0.717, 1.165) is 12.8 Å². The Bertz CT molecular complexity index is 1020. The maximum atomic E-state index is 12.4. The molecule has 35 heavy (non-hydrogen) atoms. The number of ether oxygens (including phenoxy) is 1. The molecule has 0 aliphatic heterocycles. The summed E-state index contributed by atoms with van der Waals surface area (Å²) in [6, 6.07) is 16.4. The van der Waals surface area contributed by atoms with Crippen molar-refractivity contribution in [1.82, 2.24) is 10.6 Å². The number of rotatable bonds is 9. The Morgan fingerprint density at radius 1 is 0.943 bits per heavy atom. The van der Waals surface area contributed by atoms with Gasteiger partial charge in [0, 0.05) is 24.9 Å². The third-order valence-electron chi connectivity index (χ3n) is 7.40. The molecular weight excluding hydrogens is 444 g/mol. The molecule has 0 radical (unpaired) electrons. The number of benzene rings is 2. The first-order valence-corrected chi connectivity index (χ1v) is 12.5. The first-order chi connectivity index (χ1) is 16.9. The quantitative estimate of drug-likeness (QED) is 0.490. The summed E-state index contributed by atoms with van der Waals surface area (Å²) in [4.78, 5) is 35.8. The summed E-state index contributed by atoms with van der Waals surface area (Å²) in [6.45, 7) is 3.04. The van der Waals surface area contributed by atoms with E-state index in [-0.39, 0.29) is 30.3 Å². The number of carbonyl (C=O) groups is 3. The van der Waals surface area contributed by atoms with Crippen LogP contribution < -0.4 is 10.6 Å². The zero-order valence-electron chi connectivity index (χ0n) is 20.2. The van der Waals surface area contributed by atoms with Crippen LogP contribution in [0.3, 0.4) is 0 Å². The third-order valence-corrected chi connectivity index (χ3v) is 7.40. The molecule has 2 aromatic rings. The molecule has 0 aromatic heterocycles. The highest BCUT2D eigenvalue weighted by Gasteiger charge is 2.29. The van der Waals surface area contributed by atoms with Crippen LogP contribution in [-0.4, -0.2) is 42.8 Å². The van der Waals surface area contributed by atoms with Crippen molar-refractivity contribution in [3.05, 3.63) is 59.7 Å². The molecule has 0 bridgehead atoms. The second-order valence-corrected chi connectivity index (χ2v) is 9.74. The van der Waals surface area contributed by atoms with Crippen LogP contribution in [0, 0.1) is 17.8 Å². The Balaban J connectivity index is 1.16. The van der Waals surface area contributed by atoms with Gasteiger partial charge in [0.25, 0.3) is 0 Å². The molecule has 1 fully saturated rings. The fourth-order valence-corrected chi connectivity index (χ4v) is 5.20. The highest BCUT2D eigenvalue weighted by atomic mass is 16.5. The van der Waals surface area contributed by atoms with Gasteiger partial charge in [0.1, 0.15) is 6.61 Å². The molecule has 1 unspecified atom stereocenters. The number of aliphatic carboxylic acids is 1. The molecule has 1 atom stereocenters. The molecule has 2 aliphatic carbocycles. The van der Waals surface area contributed by atoms with Crippen molar-refractivity contribution in [2.75, 3.05) is 19.7 Å². The largest absolute Gasteiger partial charge is 0.481 e. The normalized spacial score (nSPS) is 19.8. The predicted octanol–water partition coefficient (Wildman–Crippen LogP) is 4.56. The summed E-state index contributed by atoms with van der Waals surface area (Å²) in [6.07, 6.45) is 3.05. The second-order valence-electron chi connectivity index (χ2n) is 9.74. The van der Waals surface area contributed by atoms with Gasteiger partial charge in [0.15, 0.2) is 0 Å². The lowest BCUT2D eigenvalue weighted by Gasteiger charge is -2.26. The minimum Gasteiger partial charge on any atom is -0.481 e. The minimum absolute atomic E-state index is 0.0171. The van der Waals surface area contributed by atoms with E-state index in [2.05, 4.69) is 34.9 Å². The van der Waals surface area contributed by atoms with E-state index < -0.39 is 12.1 Å². The smallest absolute Gasteiger partial charge is 0.407 e. The van der Waals surface area contributed by atoms with E-state index in [0.29, 0.717) is 38.3 Å². The van der Waals surface area contributed by atoms with Gasteiger partial charge >= 0.3 is 12.1 Å². The molecular formula is C28H34N2O5. The molecule has 3 N–H and O–H groups in total. The number of carboxylic acid groups (broad SMARTS) is 1. The first kappa shape index (κ1) is 24.8. The molecule has 0 heterocycles. The summed E-state index contributed by atoms with van der Waals surface area (Å²) in [5.74, 6) is -0.891. The maximum absolute atomic E-state index is 12.4. The van der Waals surface area contributed by atoms with Crippen molar-refractivity contribution in [2.45, 2.75) is 44.9 Å². The van der Waals surface area contributed by atoms with Gasteiger partial charge in [-0.1, -0.05) is 55.5 Å². The molecule has 1 saturated carbocycles. The Kier molecular flexibility index (Phi) is 8.06. The van der Waals surface area contributed by atoms with Gasteiger partial charge in [0.2, 0.25) is 5.91 Å². The Morgan fingerprint density at radius 2 is 1.54 bits per heavy atom. The van der Waals surface area contributed by atoms with Crippen molar-refractivity contribution in [1.29, 1.82) is 0 Å². The van der Waals surface area contributed by atoms with Crippen LogP contribution >= 0.6 is 0 Å². The number of alkyl carbamates (subject to hydrolysis) is 1. The molecule has 186 valence electrons. The van der Waals surface area contributed by atoms with Crippen molar-refractivity contribution in [3.8, 4) is 11.1 Å². The highest BCUT2D eigenvalue weighted by molar-refractivity contribution is 5.79. The zero-order valence-corrected chi connectivity index (χ0v) is 20.2. The monoisotopic (exact) mass is 478 g/mol. The van der Waals surface area contributed by atoms with E-state index >= 15 is 0 Å². The van der Waals surface area contributed by atoms with Gasteiger partial charge < -0.3 is 20.5 Å². The predicted molar refractivity (Wildman–Crippen MR) is 133 cm³/mol. The van der Waals surface area contributed by atoms with Crippen molar-refractivity contribution < 1.29 is 24.2 Å². The number of carbonyl (C=O) groups excluding carboxylic acids is 2. The van der Waals surface area contributed by atoms with Crippen molar-refractivity contribution in [2.24, 2.45) is 17.8 Å². The molecule has 7 heteroatoms. The van der Waals surface area contributed by atoms with Crippen molar-refractivity contribution >= 4 is 18.0 Å². The Labute approximate surface area is 206 Å². The topological polar surface area (TPSA) is 105 Å². The fourth-order valence-electron chi connectivity index (χ4n) is 5.20. The fraction of sp³-hybridized carbons (Fsp3) is 0.464. The summed E-state index contributed by atoms with van der Waals surface area (Å²) >= 11 is 0. The summed E-state index contributed by atoms with van der Waals surface area (Å²) < 4.78 is 5.54. The van der Waals surface area contributed by atoms with Crippen LogP contribution in [0.25, 0.3) is 11.1 Å². The van der Waals surface area contributed by atoms with E-state index in [1.54, 1.807) is 0 Å². The first-order valence-electron chi connectivity index (χ1n) is 12.5. The van der Waals surface area contributed by atoms with Gasteiger partial charge in [-0.05, 0) is 60.3 Å². The number of fused-ring (bicyclic) bond motifs is 3. The average molecular weight is 479 g/mol. The van der Waals surface area contributed by atoms with Gasteiger partial charge in [-0.3, -0.25) is 9.59 Å². The van der Waals surface area contributed by atoms with Gasteiger partial charge in [-0.2, -0.15) is 0 Å². The molecule has 4 rings (SSSR count). The zero-order chi connectivity index (χ0) is 24.8. The van der Waals surface area contributed by atoms with Crippen LogP contribution in [0.4, 0.5) is 4.79 Å². The number of hydrogen-bond acceptors (Lipinski definition) is 4. The lowest BCUT2D eigenvalue weighted by Crippen LogP contribution is -2.36. The Morgan fingerprint density at radius 3 is 2.14 bits per heavy atom. The summed E-state index contributed by atoms with van der Waals surface area (Å²) in [5, 5.41) is 14.8. The summed E-state index contributed by atoms with van der Waals surface area (Å²) in [7, 11) is 0. The average Bonchev–Trinajstić information content (AvgIpc) is 3.20. The summed E-state index contributed by atoms with van der Waals surface area (Å²) in [5.41, 5.74) is 4.71. The molecule has 2 amide bonds. The third kappa shape index (κ3) is 6.02. The number of nitrogens with one attached hydrogen (secondary N) is 2. The van der Waals surface area contributed by atoms with Crippen LogP contribution in [0.2, 0.25) is 0 Å². The lowest BCUT2D eigenvalue weighted by atomic mass is 9.82. The minimum atomic E-state index is -0.718. The van der Waals surface area contributed by atoms with Crippen molar-refractivity contribution in [3.63, 3.8) is 0 Å². The SMILES string of the molecule is CC(CCNC(=O)OCC1c2ccccc2-c2ccccc21)C(=O)NCC1CCC(C(=O)O)CC1. The van der Waals surface area contributed by atoms with E-state index in [9.17, 15) is 14.4 Å². The van der Waals surface area contributed by atoms with Crippen LogP contribution in [0.5, 0.6) is 0 Å². The highest BCUT2D eigenvalue weighted by Crippen LogP contribution is 2.44. The molecule has 7 nitrogen and oxygen atoms in total. The molecule has 0 saturated heterocycles. The number of carboxylic acids is 1. The van der Waals surface area contributed by atoms with E-state index in [1.165, 1.54) is 22.3 Å². The van der Waals surface area contributed by atoms with Gasteiger partial charge in [-0.25, -0.2) is 4.79 Å². The molecule has 2 aromatic carbocycles. The number of amides is 2. The van der Waals surface area contributed by atoms with E-state index in [4.69, 9.17) is 9.84 Å². The maximum Gasteiger partial charge on any atom is 0.407 e. The standard InChI is InChI=1S/C28H34N2O5/c1-18(26(31)30-16-19-10-12-20(13-11-19)27(32)33)14-15-29-28(34)35-17-25-23-8-4-2-6-21(23)22-7-3-5-9-24(22)25/h2-9,18-20,25H,10-17H2,1H3,(H,29,34)(H,30,31)(H,32,33). The van der Waals surface area contributed by atoms with Crippen LogP contribution in [0.15, 0.2) is 48.5 Å². The second kappa shape index (κ2) is 11.4. The van der Waals surface area contributed by atoms with Gasteiger partial charge in [0.05, 0.1) is 5.92 Å². The molecule has 0 spiro atoms. The number of hydrogen-bond donors (Lipinski definition) is 3.